The molecule has 74 valence electrons. The molecule has 0 radical (unpaired) electrons. The van der Waals surface area contributed by atoms with Gasteiger partial charge in [-0.1, -0.05) is 0 Å². The Bertz CT molecular complexity index is 229. The number of nitrogens with one attached hydrogen (secondary N) is 1. The van der Waals surface area contributed by atoms with E-state index < -0.39 is 0 Å². The second kappa shape index (κ2) is 6.02. The van der Waals surface area contributed by atoms with Crippen LogP contribution in [0, 0.1) is 0 Å². The predicted octanol–water partition coefficient (Wildman–Crippen LogP) is 1.28. The summed E-state index contributed by atoms with van der Waals surface area (Å²) in [6.45, 7) is 1.91. The summed E-state index contributed by atoms with van der Waals surface area (Å²) in [7, 11) is 0. The number of hydrogen-bond donors (Lipinski definition) is 1. The number of aromatic nitrogens is 1. The van der Waals surface area contributed by atoms with E-state index >= 15 is 0 Å². The molecule has 0 aliphatic carbocycles. The Hall–Kier alpha value is -0.510. The van der Waals surface area contributed by atoms with Crippen molar-refractivity contribution in [2.45, 2.75) is 6.10 Å². The SMILES string of the molecule is Cl.Cl.c1cncc(OC2CNC2)c1. The van der Waals surface area contributed by atoms with E-state index in [1.165, 1.54) is 0 Å². The summed E-state index contributed by atoms with van der Waals surface area (Å²) in [5.74, 6) is 0.860. The van der Waals surface area contributed by atoms with Crippen molar-refractivity contribution < 1.29 is 4.74 Å². The van der Waals surface area contributed by atoms with Crippen molar-refractivity contribution in [1.29, 1.82) is 0 Å². The fourth-order valence-electron chi connectivity index (χ4n) is 0.955. The summed E-state index contributed by atoms with van der Waals surface area (Å²) in [5.41, 5.74) is 0. The van der Waals surface area contributed by atoms with Crippen molar-refractivity contribution in [3.8, 4) is 5.75 Å². The number of ether oxygens (including phenoxy) is 1. The van der Waals surface area contributed by atoms with E-state index in [2.05, 4.69) is 10.3 Å². The van der Waals surface area contributed by atoms with E-state index in [9.17, 15) is 0 Å². The summed E-state index contributed by atoms with van der Waals surface area (Å²) in [6.07, 6.45) is 3.82. The van der Waals surface area contributed by atoms with Crippen LogP contribution in [-0.2, 0) is 0 Å². The lowest BCUT2D eigenvalue weighted by atomic mass is 10.2. The van der Waals surface area contributed by atoms with Crippen LogP contribution in [0.2, 0.25) is 0 Å². The molecule has 13 heavy (non-hydrogen) atoms. The van der Waals surface area contributed by atoms with E-state index in [1.807, 2.05) is 12.1 Å². The Labute approximate surface area is 89.7 Å². The first-order valence-corrected chi connectivity index (χ1v) is 3.72. The van der Waals surface area contributed by atoms with Crippen LogP contribution >= 0.6 is 24.8 Å². The van der Waals surface area contributed by atoms with Crippen molar-refractivity contribution in [2.24, 2.45) is 0 Å². The molecule has 5 heteroatoms. The highest BCUT2D eigenvalue weighted by molar-refractivity contribution is 5.85. The van der Waals surface area contributed by atoms with Gasteiger partial charge in [0.05, 0.1) is 6.20 Å². The first-order valence-electron chi connectivity index (χ1n) is 3.72. The molecule has 1 N–H and O–H groups in total. The molecule has 1 aromatic rings. The largest absolute Gasteiger partial charge is 0.486 e. The van der Waals surface area contributed by atoms with Gasteiger partial charge in [0.1, 0.15) is 11.9 Å². The van der Waals surface area contributed by atoms with Gasteiger partial charge in [-0.25, -0.2) is 0 Å². The molecule has 1 saturated heterocycles. The quantitative estimate of drug-likeness (QED) is 0.819. The average molecular weight is 223 g/mol. The van der Waals surface area contributed by atoms with Gasteiger partial charge < -0.3 is 10.1 Å². The van der Waals surface area contributed by atoms with Gasteiger partial charge in [-0.15, -0.1) is 24.8 Å². The van der Waals surface area contributed by atoms with E-state index in [1.54, 1.807) is 12.4 Å². The van der Waals surface area contributed by atoms with Gasteiger partial charge in [-0.05, 0) is 12.1 Å². The summed E-state index contributed by atoms with van der Waals surface area (Å²) >= 11 is 0. The predicted molar refractivity (Wildman–Crippen MR) is 56.0 cm³/mol. The normalized spacial score (nSPS) is 14.8. The number of rotatable bonds is 2. The maximum atomic E-state index is 5.53. The third-order valence-corrected chi connectivity index (χ3v) is 1.68. The monoisotopic (exact) mass is 222 g/mol. The zero-order valence-electron chi connectivity index (χ0n) is 6.97. The van der Waals surface area contributed by atoms with Crippen LogP contribution < -0.4 is 10.1 Å². The lowest BCUT2D eigenvalue weighted by Gasteiger charge is -2.27. The van der Waals surface area contributed by atoms with Gasteiger partial charge in [-0.2, -0.15) is 0 Å². The Balaban J connectivity index is 0.000000720. The lowest BCUT2D eigenvalue weighted by Crippen LogP contribution is -2.50. The Morgan fingerprint density at radius 1 is 1.38 bits per heavy atom. The number of hydrogen-bond acceptors (Lipinski definition) is 3. The molecule has 0 bridgehead atoms. The van der Waals surface area contributed by atoms with E-state index in [4.69, 9.17) is 4.74 Å². The highest BCUT2D eigenvalue weighted by Gasteiger charge is 2.17. The van der Waals surface area contributed by atoms with E-state index in [0.29, 0.717) is 6.10 Å². The maximum Gasteiger partial charge on any atom is 0.138 e. The first kappa shape index (κ1) is 12.5. The highest BCUT2D eigenvalue weighted by Crippen LogP contribution is 2.10. The number of halogens is 2. The van der Waals surface area contributed by atoms with Crippen LogP contribution in [0.15, 0.2) is 24.5 Å². The molecule has 1 fully saturated rings. The third kappa shape index (κ3) is 3.38. The van der Waals surface area contributed by atoms with Crippen LogP contribution in [0.5, 0.6) is 5.75 Å². The highest BCUT2D eigenvalue weighted by atomic mass is 35.5. The molecule has 0 aromatic carbocycles. The smallest absolute Gasteiger partial charge is 0.138 e. The molecular weight excluding hydrogens is 211 g/mol. The summed E-state index contributed by atoms with van der Waals surface area (Å²) < 4.78 is 5.53. The number of pyridine rings is 1. The van der Waals surface area contributed by atoms with Crippen LogP contribution in [0.25, 0.3) is 0 Å². The molecule has 0 spiro atoms. The summed E-state index contributed by atoms with van der Waals surface area (Å²) in [6, 6.07) is 3.80. The molecule has 1 aliphatic heterocycles. The van der Waals surface area contributed by atoms with Gasteiger partial charge >= 0.3 is 0 Å². The zero-order chi connectivity index (χ0) is 7.52. The lowest BCUT2D eigenvalue weighted by molar-refractivity contribution is 0.142. The Kier molecular flexibility index (Phi) is 5.79. The summed E-state index contributed by atoms with van der Waals surface area (Å²) in [4.78, 5) is 3.95. The number of nitrogens with zero attached hydrogens (tertiary/aromatic N) is 1. The molecule has 0 unspecified atom stereocenters. The van der Waals surface area contributed by atoms with Crippen molar-refractivity contribution in [1.82, 2.24) is 10.3 Å². The molecule has 2 heterocycles. The molecule has 1 aromatic heterocycles. The molecule has 2 rings (SSSR count). The zero-order valence-corrected chi connectivity index (χ0v) is 8.61. The third-order valence-electron chi connectivity index (χ3n) is 1.68. The molecule has 1 aliphatic rings. The van der Waals surface area contributed by atoms with Crippen molar-refractivity contribution >= 4 is 24.8 Å². The fraction of sp³-hybridized carbons (Fsp3) is 0.375. The van der Waals surface area contributed by atoms with Gasteiger partial charge in [0.15, 0.2) is 0 Å². The van der Waals surface area contributed by atoms with Crippen LogP contribution in [0.1, 0.15) is 0 Å². The van der Waals surface area contributed by atoms with Gasteiger partial charge in [0, 0.05) is 19.3 Å². The standard InChI is InChI=1S/C8H10N2O.2ClH/c1-2-7(4-9-3-1)11-8-5-10-6-8;;/h1-4,8,10H,5-6H2;2*1H. The van der Waals surface area contributed by atoms with Crippen LogP contribution in [0.4, 0.5) is 0 Å². The maximum absolute atomic E-state index is 5.53. The van der Waals surface area contributed by atoms with Crippen molar-refractivity contribution in [2.75, 3.05) is 13.1 Å². The minimum atomic E-state index is 0. The van der Waals surface area contributed by atoms with Gasteiger partial charge in [-0.3, -0.25) is 4.98 Å². The summed E-state index contributed by atoms with van der Waals surface area (Å²) in [5, 5.41) is 3.14. The fourth-order valence-corrected chi connectivity index (χ4v) is 0.955. The van der Waals surface area contributed by atoms with Crippen molar-refractivity contribution in [3.05, 3.63) is 24.5 Å². The minimum Gasteiger partial charge on any atom is -0.486 e. The van der Waals surface area contributed by atoms with Gasteiger partial charge in [0.2, 0.25) is 0 Å². The Morgan fingerprint density at radius 3 is 2.62 bits per heavy atom. The van der Waals surface area contributed by atoms with Crippen LogP contribution in [0.3, 0.4) is 0 Å². The molecule has 0 saturated carbocycles. The Morgan fingerprint density at radius 2 is 2.15 bits per heavy atom. The minimum absolute atomic E-state index is 0. The first-order chi connectivity index (χ1) is 5.45. The van der Waals surface area contributed by atoms with Crippen LogP contribution in [-0.4, -0.2) is 24.2 Å². The molecule has 3 nitrogen and oxygen atoms in total. The topological polar surface area (TPSA) is 34.1 Å². The molecule has 0 amide bonds. The second-order valence-corrected chi connectivity index (χ2v) is 2.59. The molecular formula is C8H12Cl2N2O. The van der Waals surface area contributed by atoms with Crippen molar-refractivity contribution in [3.63, 3.8) is 0 Å². The van der Waals surface area contributed by atoms with E-state index in [0.717, 1.165) is 18.8 Å². The molecule has 0 atom stereocenters. The van der Waals surface area contributed by atoms with Gasteiger partial charge in [0.25, 0.3) is 0 Å². The van der Waals surface area contributed by atoms with E-state index in [-0.39, 0.29) is 24.8 Å². The second-order valence-electron chi connectivity index (χ2n) is 2.59. The average Bonchev–Trinajstić information content (AvgIpc) is 1.99.